The van der Waals surface area contributed by atoms with Crippen molar-refractivity contribution in [3.8, 4) is 22.9 Å². The maximum absolute atomic E-state index is 12.3. The Hall–Kier alpha value is -3.66. The number of nitrogens with zero attached hydrogens (tertiary/aromatic N) is 4. The molecule has 4 rings (SSSR count). The van der Waals surface area contributed by atoms with E-state index < -0.39 is 0 Å². The quantitative estimate of drug-likeness (QED) is 0.625. The number of ether oxygens (including phenoxy) is 1. The summed E-state index contributed by atoms with van der Waals surface area (Å²) in [4.78, 5) is 13.8. The van der Waals surface area contributed by atoms with Gasteiger partial charge in [-0.25, -0.2) is 0 Å². The number of fused-ring (bicyclic) bond motifs is 1. The molecular formula is C24H25N5O2. The zero-order valence-corrected chi connectivity index (χ0v) is 18.0. The van der Waals surface area contributed by atoms with Gasteiger partial charge in [0, 0.05) is 37.2 Å². The van der Waals surface area contributed by atoms with Crippen LogP contribution in [0.5, 0.6) is 5.75 Å². The number of anilines is 1. The molecule has 0 atom stereocenters. The van der Waals surface area contributed by atoms with E-state index in [2.05, 4.69) is 21.6 Å². The van der Waals surface area contributed by atoms with Gasteiger partial charge in [0.15, 0.2) is 5.69 Å². The highest BCUT2D eigenvalue weighted by atomic mass is 16.5. The largest absolute Gasteiger partial charge is 0.496 e. The van der Waals surface area contributed by atoms with Crippen molar-refractivity contribution in [1.82, 2.24) is 15.1 Å². The maximum atomic E-state index is 12.3. The highest BCUT2D eigenvalue weighted by molar-refractivity contribution is 5.97. The molecule has 0 spiro atoms. The number of hydrogen-bond acceptors (Lipinski definition) is 6. The summed E-state index contributed by atoms with van der Waals surface area (Å²) >= 11 is 0. The predicted molar refractivity (Wildman–Crippen MR) is 120 cm³/mol. The first-order valence-corrected chi connectivity index (χ1v) is 10.4. The van der Waals surface area contributed by atoms with Crippen molar-refractivity contribution >= 4 is 22.5 Å². The molecule has 31 heavy (non-hydrogen) atoms. The number of carbonyl (C=O) groups is 1. The molecule has 2 aromatic carbocycles. The van der Waals surface area contributed by atoms with Gasteiger partial charge in [0.25, 0.3) is 5.91 Å². The van der Waals surface area contributed by atoms with Crippen LogP contribution in [0.2, 0.25) is 0 Å². The lowest BCUT2D eigenvalue weighted by molar-refractivity contribution is 0.0827. The molecule has 0 radical (unpaired) electrons. The minimum atomic E-state index is -0.0832. The van der Waals surface area contributed by atoms with Gasteiger partial charge in [0.05, 0.1) is 18.3 Å². The first-order chi connectivity index (χ1) is 15.0. The minimum absolute atomic E-state index is 0.0832. The molecule has 0 bridgehead atoms. The number of nitrogens with one attached hydrogen (secondary N) is 1. The van der Waals surface area contributed by atoms with Crippen LogP contribution in [0.25, 0.3) is 22.0 Å². The van der Waals surface area contributed by atoms with Gasteiger partial charge in [-0.05, 0) is 48.2 Å². The third-order valence-corrected chi connectivity index (χ3v) is 5.58. The predicted octanol–water partition coefficient (Wildman–Crippen LogP) is 4.09. The topological polar surface area (TPSA) is 91.1 Å². The van der Waals surface area contributed by atoms with Crippen LogP contribution in [0.1, 0.15) is 35.3 Å². The summed E-state index contributed by atoms with van der Waals surface area (Å²) in [6.45, 7) is 0.817. The van der Waals surface area contributed by atoms with Crippen molar-refractivity contribution in [2.75, 3.05) is 33.1 Å². The van der Waals surface area contributed by atoms with Crippen LogP contribution in [0, 0.1) is 17.2 Å². The molecule has 1 aliphatic carbocycles. The molecule has 1 saturated carbocycles. The second-order valence-corrected chi connectivity index (χ2v) is 8.04. The van der Waals surface area contributed by atoms with E-state index in [9.17, 15) is 10.1 Å². The summed E-state index contributed by atoms with van der Waals surface area (Å²) in [7, 11) is 5.03. The Kier molecular flexibility index (Phi) is 5.72. The Bertz CT molecular complexity index is 1180. The molecule has 0 saturated heterocycles. The normalized spacial score (nSPS) is 13.0. The Balaban J connectivity index is 1.70. The van der Waals surface area contributed by atoms with Crippen LogP contribution < -0.4 is 10.1 Å². The van der Waals surface area contributed by atoms with E-state index in [0.29, 0.717) is 22.5 Å². The lowest BCUT2D eigenvalue weighted by Crippen LogP contribution is -2.21. The smallest absolute Gasteiger partial charge is 0.253 e. The molecular weight excluding hydrogens is 390 g/mol. The van der Waals surface area contributed by atoms with Crippen molar-refractivity contribution in [3.63, 3.8) is 0 Å². The number of amides is 1. The van der Waals surface area contributed by atoms with Crippen LogP contribution in [-0.4, -0.2) is 48.8 Å². The van der Waals surface area contributed by atoms with Crippen LogP contribution in [-0.2, 0) is 0 Å². The first-order valence-electron chi connectivity index (χ1n) is 10.4. The van der Waals surface area contributed by atoms with Crippen LogP contribution in [0.15, 0.2) is 36.4 Å². The van der Waals surface area contributed by atoms with Gasteiger partial charge in [0.1, 0.15) is 11.8 Å². The Morgan fingerprint density at radius 1 is 1.23 bits per heavy atom. The molecule has 1 fully saturated rings. The average Bonchev–Trinajstić information content (AvgIpc) is 3.62. The molecule has 0 aliphatic heterocycles. The Morgan fingerprint density at radius 3 is 2.71 bits per heavy atom. The summed E-state index contributed by atoms with van der Waals surface area (Å²) in [5.41, 5.74) is 4.05. The number of rotatable bonds is 7. The first kappa shape index (κ1) is 20.6. The molecule has 1 N–H and O–H groups in total. The zero-order chi connectivity index (χ0) is 22.0. The Morgan fingerprint density at radius 2 is 2.03 bits per heavy atom. The molecule has 1 amide bonds. The van der Waals surface area contributed by atoms with Crippen molar-refractivity contribution in [2.24, 2.45) is 5.92 Å². The SMILES string of the molecule is COc1cc(C(=O)N(C)C)ccc1-c1ccc2c(NCCC3CC3)c(C#N)nnc2c1. The van der Waals surface area contributed by atoms with E-state index in [1.54, 1.807) is 33.3 Å². The lowest BCUT2D eigenvalue weighted by atomic mass is 10.00. The van der Waals surface area contributed by atoms with Crippen LogP contribution in [0.4, 0.5) is 5.69 Å². The second kappa shape index (κ2) is 8.60. The number of nitriles is 1. The van der Waals surface area contributed by atoms with E-state index in [4.69, 9.17) is 4.74 Å². The lowest BCUT2D eigenvalue weighted by Gasteiger charge is -2.15. The van der Waals surface area contributed by atoms with E-state index in [-0.39, 0.29) is 5.91 Å². The maximum Gasteiger partial charge on any atom is 0.253 e. The highest BCUT2D eigenvalue weighted by Crippen LogP contribution is 2.35. The van der Waals surface area contributed by atoms with E-state index in [1.165, 1.54) is 17.7 Å². The third-order valence-electron chi connectivity index (χ3n) is 5.58. The molecule has 158 valence electrons. The molecule has 3 aromatic rings. The average molecular weight is 415 g/mol. The van der Waals surface area contributed by atoms with Gasteiger partial charge in [-0.2, -0.15) is 5.26 Å². The van der Waals surface area contributed by atoms with Gasteiger partial charge < -0.3 is 15.0 Å². The number of aromatic nitrogens is 2. The number of methoxy groups -OCH3 is 1. The van der Waals surface area contributed by atoms with Crippen LogP contribution in [0.3, 0.4) is 0 Å². The van der Waals surface area contributed by atoms with E-state index >= 15 is 0 Å². The number of carbonyl (C=O) groups excluding carboxylic acids is 1. The van der Waals surface area contributed by atoms with Crippen molar-refractivity contribution in [3.05, 3.63) is 47.7 Å². The fourth-order valence-electron chi connectivity index (χ4n) is 3.66. The number of benzene rings is 2. The molecule has 7 nitrogen and oxygen atoms in total. The van der Waals surface area contributed by atoms with E-state index in [1.807, 2.05) is 24.3 Å². The van der Waals surface area contributed by atoms with Crippen molar-refractivity contribution < 1.29 is 9.53 Å². The van der Waals surface area contributed by atoms with Gasteiger partial charge in [-0.1, -0.05) is 18.9 Å². The van der Waals surface area contributed by atoms with Gasteiger partial charge in [-0.3, -0.25) is 4.79 Å². The fraction of sp³-hybridized carbons (Fsp3) is 0.333. The summed E-state index contributed by atoms with van der Waals surface area (Å²) in [5, 5.41) is 22.1. The summed E-state index contributed by atoms with van der Waals surface area (Å²) in [6.07, 6.45) is 3.69. The Labute approximate surface area is 181 Å². The summed E-state index contributed by atoms with van der Waals surface area (Å²) in [5.74, 6) is 1.33. The molecule has 1 aromatic heterocycles. The molecule has 7 heteroatoms. The second-order valence-electron chi connectivity index (χ2n) is 8.04. The highest BCUT2D eigenvalue weighted by Gasteiger charge is 2.21. The molecule has 1 heterocycles. The fourth-order valence-corrected chi connectivity index (χ4v) is 3.66. The third kappa shape index (κ3) is 4.29. The van der Waals surface area contributed by atoms with Crippen LogP contribution >= 0.6 is 0 Å². The summed E-state index contributed by atoms with van der Waals surface area (Å²) in [6, 6.07) is 13.4. The van der Waals surface area contributed by atoms with E-state index in [0.717, 1.165) is 41.1 Å². The van der Waals surface area contributed by atoms with Crippen molar-refractivity contribution in [1.29, 1.82) is 5.26 Å². The zero-order valence-electron chi connectivity index (χ0n) is 18.0. The standard InChI is InChI=1S/C24H25N5O2/c1-29(2)24(30)17-7-8-18(22(13-17)31-3)16-6-9-19-20(12-16)27-28-21(14-25)23(19)26-11-10-15-4-5-15/h6-9,12-13,15H,4-5,10-11H2,1-3H3,(H,26,27). The van der Waals surface area contributed by atoms with Gasteiger partial charge in [0.2, 0.25) is 0 Å². The van der Waals surface area contributed by atoms with Gasteiger partial charge >= 0.3 is 0 Å². The minimum Gasteiger partial charge on any atom is -0.496 e. The van der Waals surface area contributed by atoms with Crippen molar-refractivity contribution in [2.45, 2.75) is 19.3 Å². The monoisotopic (exact) mass is 415 g/mol. The summed E-state index contributed by atoms with van der Waals surface area (Å²) < 4.78 is 5.56. The molecule has 0 unspecified atom stereocenters. The van der Waals surface area contributed by atoms with Gasteiger partial charge in [-0.15, -0.1) is 10.2 Å². The molecule has 1 aliphatic rings. The number of hydrogen-bond donors (Lipinski definition) is 1.